The van der Waals surface area contributed by atoms with Crippen molar-refractivity contribution in [2.45, 2.75) is 19.1 Å². The summed E-state index contributed by atoms with van der Waals surface area (Å²) < 4.78 is 58.0. The van der Waals surface area contributed by atoms with Gasteiger partial charge in [-0.3, -0.25) is 9.59 Å². The fourth-order valence-electron chi connectivity index (χ4n) is 2.15. The minimum Gasteiger partial charge on any atom is -0.494 e. The number of halogens is 4. The van der Waals surface area contributed by atoms with Crippen molar-refractivity contribution in [1.29, 1.82) is 0 Å². The summed E-state index contributed by atoms with van der Waals surface area (Å²) in [5.74, 6) is -3.23. The van der Waals surface area contributed by atoms with E-state index in [0.29, 0.717) is 18.2 Å². The lowest BCUT2D eigenvalue weighted by atomic mass is 10.0. The molecule has 0 spiro atoms. The number of carbonyl (C=O) groups is 2. The van der Waals surface area contributed by atoms with E-state index in [4.69, 9.17) is 9.84 Å². The predicted molar refractivity (Wildman–Crippen MR) is 85.7 cm³/mol. The summed E-state index contributed by atoms with van der Waals surface area (Å²) in [7, 11) is 1.21. The molecule has 2 rings (SSSR count). The Morgan fingerprint density at radius 2 is 1.89 bits per heavy atom. The fraction of sp³-hybridized carbons (Fsp3) is 0.235. The number of nitrogens with zero attached hydrogens (tertiary/aromatic N) is 1. The Morgan fingerprint density at radius 3 is 2.44 bits per heavy atom. The molecule has 2 aromatic rings. The van der Waals surface area contributed by atoms with Crippen molar-refractivity contribution in [3.8, 4) is 17.0 Å². The second kappa shape index (κ2) is 7.60. The summed E-state index contributed by atoms with van der Waals surface area (Å²) in [4.78, 5) is 26.8. The number of ether oxygens (including phenoxy) is 1. The van der Waals surface area contributed by atoms with Crippen molar-refractivity contribution in [3.05, 3.63) is 47.4 Å². The van der Waals surface area contributed by atoms with Crippen LogP contribution in [0.3, 0.4) is 0 Å². The van der Waals surface area contributed by atoms with Crippen LogP contribution in [-0.2, 0) is 11.0 Å². The van der Waals surface area contributed by atoms with E-state index < -0.39 is 41.0 Å². The summed E-state index contributed by atoms with van der Waals surface area (Å²) in [6.07, 6.45) is -4.71. The SMILES string of the molecule is COc1ccc(C(=O)NC(C)C(=O)O)nc1-c1cc(C(F)(F)F)ccc1F. The Hall–Kier alpha value is -3.17. The van der Waals surface area contributed by atoms with Gasteiger partial charge in [-0.1, -0.05) is 0 Å². The summed E-state index contributed by atoms with van der Waals surface area (Å²) in [6.45, 7) is 1.22. The van der Waals surface area contributed by atoms with Crippen LogP contribution in [0.5, 0.6) is 5.75 Å². The van der Waals surface area contributed by atoms with Gasteiger partial charge < -0.3 is 15.2 Å². The number of carbonyl (C=O) groups excluding carboxylic acids is 1. The van der Waals surface area contributed by atoms with Crippen LogP contribution < -0.4 is 10.1 Å². The maximum absolute atomic E-state index is 14.2. The standard InChI is InChI=1S/C17H14F4N2O4/c1-8(16(25)26)22-15(24)12-5-6-13(27-2)14(23-12)10-7-9(17(19,20)21)3-4-11(10)18/h3-8H,1-2H3,(H,22,24)(H,25,26). The van der Waals surface area contributed by atoms with Crippen molar-refractivity contribution < 1.29 is 37.0 Å². The number of aliphatic carboxylic acids is 1. The fourth-order valence-corrected chi connectivity index (χ4v) is 2.15. The van der Waals surface area contributed by atoms with Crippen molar-refractivity contribution in [2.24, 2.45) is 0 Å². The van der Waals surface area contributed by atoms with Gasteiger partial charge in [0, 0.05) is 5.56 Å². The highest BCUT2D eigenvalue weighted by Gasteiger charge is 2.32. The minimum atomic E-state index is -4.71. The number of amides is 1. The van der Waals surface area contributed by atoms with E-state index in [1.807, 2.05) is 0 Å². The zero-order chi connectivity index (χ0) is 20.4. The minimum absolute atomic E-state index is 0.0592. The van der Waals surface area contributed by atoms with E-state index in [2.05, 4.69) is 10.3 Å². The Bertz CT molecular complexity index is 884. The van der Waals surface area contributed by atoms with Crippen molar-refractivity contribution >= 4 is 11.9 Å². The summed E-state index contributed by atoms with van der Waals surface area (Å²) in [5, 5.41) is 11.0. The zero-order valence-corrected chi connectivity index (χ0v) is 14.1. The van der Waals surface area contributed by atoms with Gasteiger partial charge in [-0.15, -0.1) is 0 Å². The third-order valence-corrected chi connectivity index (χ3v) is 3.58. The molecule has 0 aliphatic rings. The first-order valence-corrected chi connectivity index (χ1v) is 7.50. The number of rotatable bonds is 5. The van der Waals surface area contributed by atoms with E-state index in [-0.39, 0.29) is 17.1 Å². The Balaban J connectivity index is 2.54. The highest BCUT2D eigenvalue weighted by atomic mass is 19.4. The van der Waals surface area contributed by atoms with Crippen molar-refractivity contribution in [2.75, 3.05) is 7.11 Å². The number of pyridine rings is 1. The van der Waals surface area contributed by atoms with Gasteiger partial charge in [-0.05, 0) is 37.3 Å². The van der Waals surface area contributed by atoms with Crippen LogP contribution in [0.15, 0.2) is 30.3 Å². The third-order valence-electron chi connectivity index (χ3n) is 3.58. The molecule has 6 nitrogen and oxygen atoms in total. The van der Waals surface area contributed by atoms with Gasteiger partial charge in [-0.25, -0.2) is 9.37 Å². The average Bonchev–Trinajstić information content (AvgIpc) is 2.60. The Morgan fingerprint density at radius 1 is 1.22 bits per heavy atom. The van der Waals surface area contributed by atoms with E-state index in [1.165, 1.54) is 26.2 Å². The lowest BCUT2D eigenvalue weighted by Gasteiger charge is -2.14. The molecule has 1 amide bonds. The average molecular weight is 386 g/mol. The van der Waals surface area contributed by atoms with Crippen LogP contribution in [-0.4, -0.2) is 35.1 Å². The molecule has 2 N–H and O–H groups in total. The molecule has 0 saturated carbocycles. The van der Waals surface area contributed by atoms with E-state index in [1.54, 1.807) is 0 Å². The molecule has 1 heterocycles. The van der Waals surface area contributed by atoms with Crippen LogP contribution in [0.2, 0.25) is 0 Å². The number of benzene rings is 1. The van der Waals surface area contributed by atoms with Crippen molar-refractivity contribution in [1.82, 2.24) is 10.3 Å². The monoisotopic (exact) mass is 386 g/mol. The van der Waals surface area contributed by atoms with Crippen LogP contribution in [0.25, 0.3) is 11.3 Å². The van der Waals surface area contributed by atoms with E-state index in [9.17, 15) is 27.2 Å². The molecule has 10 heteroatoms. The zero-order valence-electron chi connectivity index (χ0n) is 14.1. The summed E-state index contributed by atoms with van der Waals surface area (Å²) in [5.41, 5.74) is -2.24. The lowest BCUT2D eigenvalue weighted by molar-refractivity contribution is -0.139. The number of methoxy groups -OCH3 is 1. The molecular formula is C17H14F4N2O4. The molecule has 0 saturated heterocycles. The first kappa shape index (κ1) is 20.1. The first-order valence-electron chi connectivity index (χ1n) is 7.50. The number of nitrogens with one attached hydrogen (secondary N) is 1. The number of alkyl halides is 3. The van der Waals surface area contributed by atoms with Gasteiger partial charge in [-0.2, -0.15) is 13.2 Å². The molecule has 144 valence electrons. The quantitative estimate of drug-likeness (QED) is 0.771. The second-order valence-electron chi connectivity index (χ2n) is 5.47. The molecule has 0 aliphatic carbocycles. The van der Waals surface area contributed by atoms with Crippen LogP contribution >= 0.6 is 0 Å². The van der Waals surface area contributed by atoms with Gasteiger partial charge in [0.15, 0.2) is 0 Å². The van der Waals surface area contributed by atoms with Gasteiger partial charge in [0.2, 0.25) is 0 Å². The molecule has 1 aromatic heterocycles. The molecule has 0 fully saturated rings. The smallest absolute Gasteiger partial charge is 0.416 e. The largest absolute Gasteiger partial charge is 0.494 e. The van der Waals surface area contributed by atoms with Gasteiger partial charge in [0.05, 0.1) is 12.7 Å². The van der Waals surface area contributed by atoms with E-state index >= 15 is 0 Å². The van der Waals surface area contributed by atoms with Crippen LogP contribution in [0.4, 0.5) is 17.6 Å². The predicted octanol–water partition coefficient (Wildman–Crippen LogP) is 3.12. The van der Waals surface area contributed by atoms with E-state index in [0.717, 1.165) is 0 Å². The normalized spacial score (nSPS) is 12.4. The summed E-state index contributed by atoms with van der Waals surface area (Å²) in [6, 6.07) is 2.95. The Kier molecular flexibility index (Phi) is 5.67. The molecular weight excluding hydrogens is 372 g/mol. The Labute approximate surface area is 150 Å². The highest BCUT2D eigenvalue weighted by Crippen LogP contribution is 2.36. The molecule has 0 aliphatic heterocycles. The molecule has 1 unspecified atom stereocenters. The van der Waals surface area contributed by atoms with Gasteiger partial charge >= 0.3 is 12.1 Å². The second-order valence-corrected chi connectivity index (χ2v) is 5.47. The number of carboxylic acid groups (broad SMARTS) is 1. The molecule has 0 radical (unpaired) electrons. The molecule has 27 heavy (non-hydrogen) atoms. The van der Waals surface area contributed by atoms with Crippen LogP contribution in [0.1, 0.15) is 23.0 Å². The van der Waals surface area contributed by atoms with Crippen LogP contribution in [0, 0.1) is 5.82 Å². The number of hydrogen-bond acceptors (Lipinski definition) is 4. The van der Waals surface area contributed by atoms with Crippen molar-refractivity contribution in [3.63, 3.8) is 0 Å². The summed E-state index contributed by atoms with van der Waals surface area (Å²) >= 11 is 0. The highest BCUT2D eigenvalue weighted by molar-refractivity contribution is 5.95. The van der Waals surface area contributed by atoms with Gasteiger partial charge in [0.25, 0.3) is 5.91 Å². The number of hydrogen-bond donors (Lipinski definition) is 2. The number of aromatic nitrogens is 1. The van der Waals surface area contributed by atoms with Gasteiger partial charge in [0.1, 0.15) is 29.0 Å². The maximum Gasteiger partial charge on any atom is 0.416 e. The maximum atomic E-state index is 14.2. The molecule has 1 aromatic carbocycles. The lowest BCUT2D eigenvalue weighted by Crippen LogP contribution is -2.38. The molecule has 1 atom stereocenters. The first-order chi connectivity index (χ1) is 12.5. The third kappa shape index (κ3) is 4.52. The molecule has 0 bridgehead atoms. The number of carboxylic acids is 1. The topological polar surface area (TPSA) is 88.5 Å².